The standard InChI is InChI=1S/C36H40ClN3O5S/c1-4-23-38-36(42)34(24-28-12-7-6-8-13-28)39(25-29-14-10-9-11-27(29)3)35(41)26-40(31-17-19-32(20-18-31)45-5-2)46(43,44)33-21-15-30(37)16-22-33/h6-22,34H,4-5,23-26H2,1-3H3,(H,38,42). The summed E-state index contributed by atoms with van der Waals surface area (Å²) in [4.78, 5) is 29.8. The van der Waals surface area contributed by atoms with Gasteiger partial charge in [0.25, 0.3) is 10.0 Å². The van der Waals surface area contributed by atoms with Crippen molar-refractivity contribution in [3.05, 3.63) is 125 Å². The number of hydrogen-bond acceptors (Lipinski definition) is 5. The van der Waals surface area contributed by atoms with Crippen LogP contribution in [0.5, 0.6) is 5.75 Å². The van der Waals surface area contributed by atoms with E-state index in [1.807, 2.05) is 75.4 Å². The van der Waals surface area contributed by atoms with E-state index < -0.39 is 28.5 Å². The number of nitrogens with one attached hydrogen (secondary N) is 1. The molecule has 4 aromatic carbocycles. The summed E-state index contributed by atoms with van der Waals surface area (Å²) in [5.41, 5.74) is 2.95. The summed E-state index contributed by atoms with van der Waals surface area (Å²) in [5, 5.41) is 3.35. The van der Waals surface area contributed by atoms with Crippen molar-refractivity contribution < 1.29 is 22.7 Å². The van der Waals surface area contributed by atoms with Crippen LogP contribution in [0.1, 0.15) is 37.0 Å². The zero-order valence-corrected chi connectivity index (χ0v) is 27.9. The summed E-state index contributed by atoms with van der Waals surface area (Å²) in [6, 6.07) is 28.6. The van der Waals surface area contributed by atoms with Crippen molar-refractivity contribution in [1.29, 1.82) is 0 Å². The molecule has 1 N–H and O–H groups in total. The van der Waals surface area contributed by atoms with Crippen LogP contribution >= 0.6 is 11.6 Å². The number of benzene rings is 4. The van der Waals surface area contributed by atoms with Gasteiger partial charge in [0.1, 0.15) is 18.3 Å². The second-order valence-corrected chi connectivity index (χ2v) is 13.1. The predicted octanol–water partition coefficient (Wildman–Crippen LogP) is 6.41. The third kappa shape index (κ3) is 8.89. The molecular formula is C36H40ClN3O5S. The number of ether oxygens (including phenoxy) is 1. The molecule has 1 atom stereocenters. The predicted molar refractivity (Wildman–Crippen MR) is 183 cm³/mol. The Morgan fingerprint density at radius 3 is 2.15 bits per heavy atom. The van der Waals surface area contributed by atoms with Crippen LogP contribution < -0.4 is 14.4 Å². The van der Waals surface area contributed by atoms with Gasteiger partial charge in [0.05, 0.1) is 17.2 Å². The molecule has 0 saturated carbocycles. The Hall–Kier alpha value is -4.34. The Labute approximate surface area is 277 Å². The molecule has 0 heterocycles. The van der Waals surface area contributed by atoms with E-state index in [1.165, 1.54) is 29.2 Å². The third-order valence-corrected chi connectivity index (χ3v) is 9.58. The van der Waals surface area contributed by atoms with E-state index in [0.717, 1.165) is 27.4 Å². The van der Waals surface area contributed by atoms with Gasteiger partial charge < -0.3 is 15.0 Å². The second-order valence-electron chi connectivity index (χ2n) is 10.8. The number of sulfonamides is 1. The fourth-order valence-corrected chi connectivity index (χ4v) is 6.57. The molecule has 0 aliphatic heterocycles. The highest BCUT2D eigenvalue weighted by Gasteiger charge is 2.34. The van der Waals surface area contributed by atoms with Gasteiger partial charge in [0.2, 0.25) is 11.8 Å². The van der Waals surface area contributed by atoms with E-state index in [2.05, 4.69) is 5.32 Å². The van der Waals surface area contributed by atoms with Gasteiger partial charge in [-0.25, -0.2) is 8.42 Å². The molecule has 242 valence electrons. The summed E-state index contributed by atoms with van der Waals surface area (Å²) in [6.45, 7) is 6.21. The van der Waals surface area contributed by atoms with E-state index in [4.69, 9.17) is 16.3 Å². The van der Waals surface area contributed by atoms with Gasteiger partial charge in [0, 0.05) is 24.5 Å². The number of hydrogen-bond donors (Lipinski definition) is 1. The number of carbonyl (C=O) groups excluding carboxylic acids is 2. The summed E-state index contributed by atoms with van der Waals surface area (Å²) in [7, 11) is -4.24. The molecule has 4 rings (SSSR count). The third-order valence-electron chi connectivity index (χ3n) is 7.54. The lowest BCUT2D eigenvalue weighted by molar-refractivity contribution is -0.140. The van der Waals surface area contributed by atoms with Crippen LogP contribution in [0, 0.1) is 6.92 Å². The topological polar surface area (TPSA) is 96.0 Å². The molecule has 2 amide bonds. The van der Waals surface area contributed by atoms with Gasteiger partial charge in [-0.05, 0) is 85.5 Å². The molecule has 1 unspecified atom stereocenters. The molecule has 46 heavy (non-hydrogen) atoms. The molecule has 0 spiro atoms. The van der Waals surface area contributed by atoms with E-state index in [9.17, 15) is 18.0 Å². The maximum Gasteiger partial charge on any atom is 0.264 e. The van der Waals surface area contributed by atoms with Crippen LogP contribution in [0.4, 0.5) is 5.69 Å². The van der Waals surface area contributed by atoms with E-state index in [0.29, 0.717) is 23.9 Å². The van der Waals surface area contributed by atoms with Gasteiger partial charge in [-0.1, -0.05) is 73.1 Å². The molecule has 8 nitrogen and oxygen atoms in total. The highest BCUT2D eigenvalue weighted by atomic mass is 35.5. The maximum absolute atomic E-state index is 14.5. The number of carbonyl (C=O) groups is 2. The van der Waals surface area contributed by atoms with Crippen LogP contribution in [-0.2, 0) is 32.6 Å². The monoisotopic (exact) mass is 661 g/mol. The molecular weight excluding hydrogens is 622 g/mol. The Kier molecular flexibility index (Phi) is 12.2. The van der Waals surface area contributed by atoms with Crippen molar-refractivity contribution in [3.63, 3.8) is 0 Å². The minimum absolute atomic E-state index is 0.0226. The number of anilines is 1. The summed E-state index contributed by atoms with van der Waals surface area (Å²) in [6.07, 6.45) is 0.974. The van der Waals surface area contributed by atoms with Crippen molar-refractivity contribution in [2.75, 3.05) is 24.0 Å². The average molecular weight is 662 g/mol. The second kappa shape index (κ2) is 16.3. The average Bonchev–Trinajstić information content (AvgIpc) is 3.06. The zero-order valence-electron chi connectivity index (χ0n) is 26.4. The van der Waals surface area contributed by atoms with Crippen molar-refractivity contribution in [2.45, 2.75) is 51.1 Å². The van der Waals surface area contributed by atoms with Crippen LogP contribution in [0.3, 0.4) is 0 Å². The largest absolute Gasteiger partial charge is 0.494 e. The van der Waals surface area contributed by atoms with Gasteiger partial charge >= 0.3 is 0 Å². The van der Waals surface area contributed by atoms with Crippen molar-refractivity contribution >= 4 is 39.1 Å². The zero-order chi connectivity index (χ0) is 33.1. The Balaban J connectivity index is 1.80. The van der Waals surface area contributed by atoms with Crippen molar-refractivity contribution in [2.24, 2.45) is 0 Å². The first-order chi connectivity index (χ1) is 22.1. The molecule has 4 aromatic rings. The number of nitrogens with zero attached hydrogens (tertiary/aromatic N) is 2. The number of aryl methyl sites for hydroxylation is 1. The Morgan fingerprint density at radius 2 is 1.52 bits per heavy atom. The van der Waals surface area contributed by atoms with Gasteiger partial charge in [-0.3, -0.25) is 13.9 Å². The fraction of sp³-hybridized carbons (Fsp3) is 0.278. The minimum Gasteiger partial charge on any atom is -0.494 e. The lowest BCUT2D eigenvalue weighted by Gasteiger charge is -2.34. The highest BCUT2D eigenvalue weighted by Crippen LogP contribution is 2.28. The summed E-state index contributed by atoms with van der Waals surface area (Å²) < 4.78 is 35.0. The normalized spacial score (nSPS) is 11.8. The highest BCUT2D eigenvalue weighted by molar-refractivity contribution is 7.92. The molecule has 10 heteroatoms. The molecule has 0 aliphatic carbocycles. The SMILES string of the molecule is CCCNC(=O)C(Cc1ccccc1)N(Cc1ccccc1C)C(=O)CN(c1ccc(OCC)cc1)S(=O)(=O)c1ccc(Cl)cc1. The molecule has 0 fully saturated rings. The summed E-state index contributed by atoms with van der Waals surface area (Å²) >= 11 is 6.07. The van der Waals surface area contributed by atoms with Crippen molar-refractivity contribution in [3.8, 4) is 5.75 Å². The number of halogens is 1. The smallest absolute Gasteiger partial charge is 0.264 e. The first kappa shape index (κ1) is 34.5. The first-order valence-electron chi connectivity index (χ1n) is 15.3. The lowest BCUT2D eigenvalue weighted by Crippen LogP contribution is -2.53. The van der Waals surface area contributed by atoms with Gasteiger partial charge in [0.15, 0.2) is 0 Å². The van der Waals surface area contributed by atoms with E-state index in [1.54, 1.807) is 24.3 Å². The molecule has 0 aliphatic rings. The number of amides is 2. The Bertz CT molecular complexity index is 1700. The fourth-order valence-electron chi connectivity index (χ4n) is 5.03. The van der Waals surface area contributed by atoms with Crippen LogP contribution in [-0.4, -0.2) is 50.9 Å². The quantitative estimate of drug-likeness (QED) is 0.159. The van der Waals surface area contributed by atoms with E-state index in [-0.39, 0.29) is 29.5 Å². The van der Waals surface area contributed by atoms with Crippen LogP contribution in [0.25, 0.3) is 0 Å². The first-order valence-corrected chi connectivity index (χ1v) is 17.1. The van der Waals surface area contributed by atoms with Gasteiger partial charge in [-0.15, -0.1) is 0 Å². The van der Waals surface area contributed by atoms with E-state index >= 15 is 0 Å². The lowest BCUT2D eigenvalue weighted by atomic mass is 10.0. The van der Waals surface area contributed by atoms with Gasteiger partial charge in [-0.2, -0.15) is 0 Å². The Morgan fingerprint density at radius 1 is 0.870 bits per heavy atom. The van der Waals surface area contributed by atoms with Crippen LogP contribution in [0.15, 0.2) is 108 Å². The summed E-state index contributed by atoms with van der Waals surface area (Å²) in [5.74, 6) is -0.263. The molecule has 0 saturated heterocycles. The molecule has 0 bridgehead atoms. The van der Waals surface area contributed by atoms with Crippen molar-refractivity contribution in [1.82, 2.24) is 10.2 Å². The van der Waals surface area contributed by atoms with Crippen LogP contribution in [0.2, 0.25) is 5.02 Å². The molecule has 0 radical (unpaired) electrons. The maximum atomic E-state index is 14.5. The molecule has 0 aromatic heterocycles. The minimum atomic E-state index is -4.24. The number of rotatable bonds is 15.